The molecule has 4 atom stereocenters. The molecular formula is C20H31NO2. The van der Waals surface area contributed by atoms with Gasteiger partial charge in [-0.15, -0.1) is 0 Å². The first-order valence-electron chi connectivity index (χ1n) is 9.29. The molecule has 1 aromatic rings. The van der Waals surface area contributed by atoms with Crippen LogP contribution in [0.2, 0.25) is 0 Å². The second-order valence-corrected chi connectivity index (χ2v) is 7.48. The summed E-state index contributed by atoms with van der Waals surface area (Å²) < 4.78 is 5.76. The fraction of sp³-hybridized carbons (Fsp3) is 0.700. The molecule has 3 nitrogen and oxygen atoms in total. The van der Waals surface area contributed by atoms with Crippen molar-refractivity contribution >= 4 is 0 Å². The van der Waals surface area contributed by atoms with Crippen LogP contribution in [0.1, 0.15) is 57.6 Å². The van der Waals surface area contributed by atoms with Crippen LogP contribution in [-0.2, 0) is 4.74 Å². The molecule has 0 radical (unpaired) electrons. The summed E-state index contributed by atoms with van der Waals surface area (Å²) in [4.78, 5) is 2.63. The normalized spacial score (nSPS) is 32.3. The number of hydrogen-bond acceptors (Lipinski definition) is 3. The van der Waals surface area contributed by atoms with Gasteiger partial charge >= 0.3 is 0 Å². The van der Waals surface area contributed by atoms with Gasteiger partial charge in [-0.2, -0.15) is 0 Å². The van der Waals surface area contributed by atoms with Crippen molar-refractivity contribution in [1.82, 2.24) is 4.90 Å². The Morgan fingerprint density at radius 3 is 2.87 bits per heavy atom. The van der Waals surface area contributed by atoms with Crippen LogP contribution in [0, 0.1) is 11.8 Å². The van der Waals surface area contributed by atoms with Crippen LogP contribution >= 0.6 is 0 Å². The minimum atomic E-state index is 0.382. The average Bonchev–Trinajstić information content (AvgIpc) is 3.04. The summed E-state index contributed by atoms with van der Waals surface area (Å²) in [5.74, 6) is 1.73. The molecule has 0 amide bonds. The summed E-state index contributed by atoms with van der Waals surface area (Å²) in [5, 5.41) is 9.87. The van der Waals surface area contributed by atoms with Crippen molar-refractivity contribution < 1.29 is 9.84 Å². The lowest BCUT2D eigenvalue weighted by Crippen LogP contribution is -2.42. The Labute approximate surface area is 140 Å². The molecule has 2 fully saturated rings. The molecule has 2 aliphatic rings. The van der Waals surface area contributed by atoms with Gasteiger partial charge in [-0.25, -0.2) is 0 Å². The molecule has 2 heterocycles. The van der Waals surface area contributed by atoms with E-state index in [0.29, 0.717) is 23.8 Å². The smallest absolute Gasteiger partial charge is 0.115 e. The highest BCUT2D eigenvalue weighted by Gasteiger charge is 2.34. The van der Waals surface area contributed by atoms with E-state index in [1.807, 2.05) is 12.1 Å². The van der Waals surface area contributed by atoms with Crippen LogP contribution in [0.25, 0.3) is 0 Å². The van der Waals surface area contributed by atoms with Gasteiger partial charge in [0.05, 0.1) is 6.10 Å². The van der Waals surface area contributed by atoms with E-state index in [1.54, 1.807) is 6.07 Å². The van der Waals surface area contributed by atoms with Crippen LogP contribution in [0.3, 0.4) is 0 Å². The van der Waals surface area contributed by atoms with E-state index in [1.165, 1.54) is 37.7 Å². The van der Waals surface area contributed by atoms with Gasteiger partial charge in [0.2, 0.25) is 0 Å². The number of piperidine rings is 1. The third-order valence-electron chi connectivity index (χ3n) is 5.87. The first-order chi connectivity index (χ1) is 11.1. The zero-order valence-electron chi connectivity index (χ0n) is 14.6. The maximum absolute atomic E-state index is 9.87. The maximum Gasteiger partial charge on any atom is 0.115 e. The fourth-order valence-corrected chi connectivity index (χ4v) is 4.28. The van der Waals surface area contributed by atoms with Crippen LogP contribution in [0.15, 0.2) is 24.3 Å². The number of ether oxygens (including phenoxy) is 1. The fourth-order valence-electron chi connectivity index (χ4n) is 4.28. The number of nitrogens with zero attached hydrogens (tertiary/aromatic N) is 1. The summed E-state index contributed by atoms with van der Waals surface area (Å²) in [5.41, 5.74) is 1.26. The molecule has 3 heteroatoms. The minimum Gasteiger partial charge on any atom is -0.508 e. The van der Waals surface area contributed by atoms with Crippen molar-refractivity contribution in [2.24, 2.45) is 11.8 Å². The molecule has 23 heavy (non-hydrogen) atoms. The Balaban J connectivity index is 1.65. The molecular weight excluding hydrogens is 286 g/mol. The van der Waals surface area contributed by atoms with Crippen molar-refractivity contribution in [2.75, 3.05) is 19.7 Å². The Kier molecular flexibility index (Phi) is 5.60. The highest BCUT2D eigenvalue weighted by molar-refractivity contribution is 5.30. The van der Waals surface area contributed by atoms with Crippen molar-refractivity contribution in [3.63, 3.8) is 0 Å². The number of rotatable bonds is 5. The molecule has 0 aromatic heterocycles. The van der Waals surface area contributed by atoms with E-state index in [4.69, 9.17) is 4.74 Å². The second kappa shape index (κ2) is 7.67. The van der Waals surface area contributed by atoms with Gasteiger partial charge in [-0.1, -0.05) is 26.0 Å². The van der Waals surface area contributed by atoms with E-state index in [2.05, 4.69) is 24.8 Å². The van der Waals surface area contributed by atoms with Crippen LogP contribution in [0.4, 0.5) is 0 Å². The predicted molar refractivity (Wildman–Crippen MR) is 93.6 cm³/mol. The molecule has 0 aliphatic carbocycles. The lowest BCUT2D eigenvalue weighted by Gasteiger charge is -2.44. The number of likely N-dealkylation sites (tertiary alicyclic amines) is 1. The highest BCUT2D eigenvalue weighted by atomic mass is 16.5. The molecule has 2 unspecified atom stereocenters. The summed E-state index contributed by atoms with van der Waals surface area (Å²) >= 11 is 0. The molecule has 0 bridgehead atoms. The predicted octanol–water partition coefficient (Wildman–Crippen LogP) is 4.37. The number of phenols is 1. The van der Waals surface area contributed by atoms with E-state index in [9.17, 15) is 5.11 Å². The Bertz CT molecular complexity index is 498. The van der Waals surface area contributed by atoms with Crippen molar-refractivity contribution in [3.05, 3.63) is 29.8 Å². The second-order valence-electron chi connectivity index (χ2n) is 7.48. The molecule has 0 saturated carbocycles. The molecule has 1 N–H and O–H groups in total. The number of benzene rings is 1. The van der Waals surface area contributed by atoms with Crippen LogP contribution in [-0.4, -0.2) is 35.8 Å². The Morgan fingerprint density at radius 2 is 2.13 bits per heavy atom. The zero-order valence-corrected chi connectivity index (χ0v) is 14.6. The lowest BCUT2D eigenvalue weighted by atomic mass is 9.79. The molecule has 2 aliphatic heterocycles. The van der Waals surface area contributed by atoms with Gasteiger partial charge in [0.25, 0.3) is 0 Å². The molecule has 0 spiro atoms. The van der Waals surface area contributed by atoms with Gasteiger partial charge in [0.15, 0.2) is 0 Å². The average molecular weight is 317 g/mol. The summed E-state index contributed by atoms with van der Waals surface area (Å²) in [6.07, 6.45) is 6.64. The van der Waals surface area contributed by atoms with Crippen molar-refractivity contribution in [1.29, 1.82) is 0 Å². The molecule has 3 rings (SSSR count). The van der Waals surface area contributed by atoms with E-state index < -0.39 is 0 Å². The molecule has 2 saturated heterocycles. The van der Waals surface area contributed by atoms with Crippen molar-refractivity contribution in [3.8, 4) is 5.75 Å². The van der Waals surface area contributed by atoms with E-state index >= 15 is 0 Å². The number of aromatic hydroxyl groups is 1. The minimum absolute atomic E-state index is 0.382. The first kappa shape index (κ1) is 16.8. The molecule has 128 valence electrons. The quantitative estimate of drug-likeness (QED) is 0.875. The Morgan fingerprint density at radius 1 is 1.26 bits per heavy atom. The molecule has 1 aromatic carbocycles. The van der Waals surface area contributed by atoms with E-state index in [0.717, 1.165) is 25.6 Å². The van der Waals surface area contributed by atoms with Gasteiger partial charge in [-0.05, 0) is 74.7 Å². The van der Waals surface area contributed by atoms with Gasteiger partial charge in [0, 0.05) is 12.6 Å². The number of phenolic OH excluding ortho intramolecular Hbond substituents is 1. The van der Waals surface area contributed by atoms with Crippen molar-refractivity contribution in [2.45, 2.75) is 58.1 Å². The summed E-state index contributed by atoms with van der Waals surface area (Å²) in [7, 11) is 0. The third-order valence-corrected chi connectivity index (χ3v) is 5.87. The van der Waals surface area contributed by atoms with Gasteiger partial charge in [0.1, 0.15) is 5.75 Å². The monoisotopic (exact) mass is 317 g/mol. The Hall–Kier alpha value is -1.06. The zero-order chi connectivity index (χ0) is 16.2. The first-order valence-corrected chi connectivity index (χ1v) is 9.29. The third kappa shape index (κ3) is 4.07. The van der Waals surface area contributed by atoms with Crippen LogP contribution in [0.5, 0.6) is 5.75 Å². The van der Waals surface area contributed by atoms with Crippen LogP contribution < -0.4 is 0 Å². The summed E-state index contributed by atoms with van der Waals surface area (Å²) in [6, 6.07) is 8.29. The summed E-state index contributed by atoms with van der Waals surface area (Å²) in [6.45, 7) is 7.99. The number of hydrogen-bond donors (Lipinski definition) is 1. The largest absolute Gasteiger partial charge is 0.508 e. The SMILES string of the molecule is C[C@H]1CCN(CCCC2CCCO2)C(c2cccc(O)c2)[C@@H]1C. The topological polar surface area (TPSA) is 32.7 Å². The van der Waals surface area contributed by atoms with Gasteiger partial charge < -0.3 is 9.84 Å². The van der Waals surface area contributed by atoms with E-state index in [-0.39, 0.29) is 0 Å². The standard InChI is InChI=1S/C20H31NO2/c1-15-10-12-21(11-4-8-19-9-5-13-23-19)20(16(15)2)17-6-3-7-18(22)14-17/h3,6-7,14-16,19-20,22H,4-5,8-13H2,1-2H3/t15-,16+,19?,20?/m0/s1. The lowest BCUT2D eigenvalue weighted by molar-refractivity contribution is 0.0532. The van der Waals surface area contributed by atoms with Gasteiger partial charge in [-0.3, -0.25) is 4.90 Å². The highest BCUT2D eigenvalue weighted by Crippen LogP contribution is 2.40. The maximum atomic E-state index is 9.87.